The predicted octanol–water partition coefficient (Wildman–Crippen LogP) is 7.99. The average molecular weight is 388 g/mol. The summed E-state index contributed by atoms with van der Waals surface area (Å²) in [7, 11) is 0. The Morgan fingerprint density at radius 2 is 1.46 bits per heavy atom. The normalized spacial score (nSPS) is 11.8. The zero-order valence-electron chi connectivity index (χ0n) is 13.7. The monoisotopic (exact) mass is 387 g/mol. The molecule has 0 unspecified atom stereocenters. The molecule has 4 heterocycles. The first kappa shape index (κ1) is 14.7. The molecule has 0 atom stereocenters. The second kappa shape index (κ2) is 5.55. The summed E-state index contributed by atoms with van der Waals surface area (Å²) < 4.78 is 4.12. The first-order valence-electron chi connectivity index (χ1n) is 8.42. The lowest BCUT2D eigenvalue weighted by atomic mass is 10.1. The number of H-pyrrole nitrogens is 1. The van der Waals surface area contributed by atoms with E-state index in [1.807, 2.05) is 40.2 Å². The molecule has 1 N–H and O–H groups in total. The van der Waals surface area contributed by atoms with Gasteiger partial charge < -0.3 is 4.98 Å². The lowest BCUT2D eigenvalue weighted by Crippen LogP contribution is -1.72. The van der Waals surface area contributed by atoms with Gasteiger partial charge in [-0.25, -0.2) is 0 Å². The minimum Gasteiger partial charge on any atom is -0.361 e. The summed E-state index contributed by atoms with van der Waals surface area (Å²) in [6.07, 6.45) is 2.00. The number of thiophene rings is 3. The summed E-state index contributed by atoms with van der Waals surface area (Å²) in [5.41, 5.74) is 3.80. The highest BCUT2D eigenvalue weighted by molar-refractivity contribution is 7.28. The van der Waals surface area contributed by atoms with E-state index in [0.29, 0.717) is 0 Å². The van der Waals surface area contributed by atoms with E-state index >= 15 is 0 Å². The Morgan fingerprint density at radius 1 is 0.615 bits per heavy atom. The van der Waals surface area contributed by atoms with Gasteiger partial charge in [-0.15, -0.1) is 34.0 Å². The Balaban J connectivity index is 1.46. The Kier molecular flexibility index (Phi) is 3.14. The fourth-order valence-electron chi connectivity index (χ4n) is 3.44. The molecule has 2 aromatic carbocycles. The molecule has 0 amide bonds. The Bertz CT molecular complexity index is 1360. The molecule has 26 heavy (non-hydrogen) atoms. The van der Waals surface area contributed by atoms with Crippen LogP contribution in [0.25, 0.3) is 51.3 Å². The predicted molar refractivity (Wildman–Crippen MR) is 118 cm³/mol. The number of hydrogen-bond donors (Lipinski definition) is 1. The van der Waals surface area contributed by atoms with Gasteiger partial charge in [-0.3, -0.25) is 0 Å². The van der Waals surface area contributed by atoms with Gasteiger partial charge >= 0.3 is 0 Å². The molecule has 1 nitrogen and oxygen atoms in total. The number of rotatable bonds is 2. The van der Waals surface area contributed by atoms with E-state index < -0.39 is 0 Å². The van der Waals surface area contributed by atoms with Gasteiger partial charge in [0.15, 0.2) is 0 Å². The molecule has 0 aliphatic carbocycles. The van der Waals surface area contributed by atoms with Crippen LogP contribution in [0, 0.1) is 0 Å². The molecule has 0 saturated carbocycles. The lowest BCUT2D eigenvalue weighted by Gasteiger charge is -1.97. The summed E-state index contributed by atoms with van der Waals surface area (Å²) in [6.45, 7) is 0. The van der Waals surface area contributed by atoms with Crippen LogP contribution >= 0.6 is 34.0 Å². The minimum atomic E-state index is 1.19. The average Bonchev–Trinajstić information content (AvgIpc) is 3.41. The molecule has 0 aliphatic rings. The zero-order chi connectivity index (χ0) is 17.1. The van der Waals surface area contributed by atoms with Crippen LogP contribution in [-0.2, 0) is 0 Å². The molecule has 0 bridgehead atoms. The van der Waals surface area contributed by atoms with Crippen LogP contribution in [0.2, 0.25) is 0 Å². The van der Waals surface area contributed by atoms with Crippen molar-refractivity contribution in [1.29, 1.82) is 0 Å². The Hall–Kier alpha value is -2.40. The number of hydrogen-bond acceptors (Lipinski definition) is 3. The first-order valence-corrected chi connectivity index (χ1v) is 10.9. The van der Waals surface area contributed by atoms with Crippen molar-refractivity contribution in [2.45, 2.75) is 0 Å². The van der Waals surface area contributed by atoms with Crippen molar-refractivity contribution in [2.75, 3.05) is 0 Å². The maximum Gasteiger partial charge on any atom is 0.0457 e. The van der Waals surface area contributed by atoms with Crippen LogP contribution in [0.4, 0.5) is 0 Å². The van der Waals surface area contributed by atoms with Gasteiger partial charge in [-0.05, 0) is 69.7 Å². The molecule has 124 valence electrons. The topological polar surface area (TPSA) is 15.8 Å². The van der Waals surface area contributed by atoms with E-state index in [4.69, 9.17) is 0 Å². The number of nitrogens with one attached hydrogen (secondary N) is 1. The summed E-state index contributed by atoms with van der Waals surface area (Å²) in [5, 5.41) is 4.75. The van der Waals surface area contributed by atoms with Crippen LogP contribution in [0.3, 0.4) is 0 Å². The maximum absolute atomic E-state index is 3.26. The summed E-state index contributed by atoms with van der Waals surface area (Å²) >= 11 is 5.58. The van der Waals surface area contributed by atoms with Crippen molar-refractivity contribution in [3.8, 4) is 20.9 Å². The van der Waals surface area contributed by atoms with Crippen molar-refractivity contribution in [1.82, 2.24) is 4.98 Å². The fourth-order valence-corrected chi connectivity index (χ4v) is 6.64. The number of aromatic nitrogens is 1. The van der Waals surface area contributed by atoms with Crippen LogP contribution in [0.1, 0.15) is 0 Å². The standard InChI is InChI=1S/C22H13NS3/c1-2-16(21-12-22-18(25-21)6-8-24-22)11-20-15(1)10-19(26-20)14-3-4-17-13(9-14)5-7-23-17/h1-12,23H. The SMILES string of the molecule is c1cc2cc(-c3cc4ccc(-c5cc6sccc6s5)cc4s3)ccc2[nH]1. The van der Waals surface area contributed by atoms with Crippen molar-refractivity contribution in [3.63, 3.8) is 0 Å². The molecule has 6 aromatic rings. The smallest absolute Gasteiger partial charge is 0.0457 e. The second-order valence-electron chi connectivity index (χ2n) is 6.40. The van der Waals surface area contributed by atoms with Gasteiger partial charge in [-0.2, -0.15) is 0 Å². The highest BCUT2D eigenvalue weighted by Crippen LogP contribution is 2.40. The van der Waals surface area contributed by atoms with Gasteiger partial charge in [0.2, 0.25) is 0 Å². The lowest BCUT2D eigenvalue weighted by molar-refractivity contribution is 1.48. The van der Waals surface area contributed by atoms with Crippen molar-refractivity contribution < 1.29 is 0 Å². The molecule has 0 radical (unpaired) electrons. The largest absolute Gasteiger partial charge is 0.361 e. The summed E-state index contributed by atoms with van der Waals surface area (Å²) in [5.74, 6) is 0. The molecular formula is C22H13NS3. The van der Waals surface area contributed by atoms with E-state index in [1.54, 1.807) is 0 Å². The van der Waals surface area contributed by atoms with Crippen molar-refractivity contribution >= 4 is 64.4 Å². The third-order valence-electron chi connectivity index (χ3n) is 4.78. The van der Waals surface area contributed by atoms with Crippen LogP contribution in [0.15, 0.2) is 72.2 Å². The number of aromatic amines is 1. The van der Waals surface area contributed by atoms with Crippen LogP contribution in [0.5, 0.6) is 0 Å². The molecule has 4 aromatic heterocycles. The summed E-state index contributed by atoms with van der Waals surface area (Å²) in [6, 6.07) is 22.5. The molecular weight excluding hydrogens is 374 g/mol. The van der Waals surface area contributed by atoms with E-state index in [2.05, 4.69) is 71.0 Å². The van der Waals surface area contributed by atoms with Gasteiger partial charge in [-0.1, -0.05) is 18.2 Å². The third kappa shape index (κ3) is 2.27. The molecule has 4 heteroatoms. The quantitative estimate of drug-likeness (QED) is 0.310. The molecule has 0 fully saturated rings. The number of benzene rings is 2. The minimum absolute atomic E-state index is 1.19. The Labute approximate surface area is 162 Å². The first-order chi connectivity index (χ1) is 12.8. The zero-order valence-corrected chi connectivity index (χ0v) is 16.1. The van der Waals surface area contributed by atoms with Crippen LogP contribution in [-0.4, -0.2) is 4.98 Å². The van der Waals surface area contributed by atoms with Gasteiger partial charge in [0.1, 0.15) is 0 Å². The summed E-state index contributed by atoms with van der Waals surface area (Å²) in [4.78, 5) is 5.95. The fraction of sp³-hybridized carbons (Fsp3) is 0. The molecule has 0 spiro atoms. The van der Waals surface area contributed by atoms with E-state index in [-0.39, 0.29) is 0 Å². The van der Waals surface area contributed by atoms with Gasteiger partial charge in [0, 0.05) is 35.6 Å². The maximum atomic E-state index is 3.26. The molecule has 6 rings (SSSR count). The Morgan fingerprint density at radius 3 is 2.42 bits per heavy atom. The van der Waals surface area contributed by atoms with Crippen molar-refractivity contribution in [3.05, 3.63) is 72.2 Å². The van der Waals surface area contributed by atoms with E-state index in [9.17, 15) is 0 Å². The van der Waals surface area contributed by atoms with E-state index in [0.717, 1.165) is 0 Å². The van der Waals surface area contributed by atoms with Gasteiger partial charge in [0.05, 0.1) is 0 Å². The highest BCUT2D eigenvalue weighted by Gasteiger charge is 2.09. The van der Waals surface area contributed by atoms with Gasteiger partial charge in [0.25, 0.3) is 0 Å². The van der Waals surface area contributed by atoms with Crippen molar-refractivity contribution in [2.24, 2.45) is 0 Å². The number of fused-ring (bicyclic) bond motifs is 3. The third-order valence-corrected chi connectivity index (χ3v) is 8.07. The molecule has 0 saturated heterocycles. The van der Waals surface area contributed by atoms with E-state index in [1.165, 1.54) is 51.3 Å². The molecule has 0 aliphatic heterocycles. The second-order valence-corrected chi connectivity index (χ2v) is 9.52. The van der Waals surface area contributed by atoms with Crippen LogP contribution < -0.4 is 0 Å². The highest BCUT2D eigenvalue weighted by atomic mass is 32.1.